The van der Waals surface area contributed by atoms with Crippen LogP contribution in [0.25, 0.3) is 0 Å². The maximum absolute atomic E-state index is 9.00. The first-order valence-electron chi connectivity index (χ1n) is 6.65. The quantitative estimate of drug-likeness (QED) is 0.750. The van der Waals surface area contributed by atoms with Gasteiger partial charge in [-0.3, -0.25) is 0 Å². The fourth-order valence-electron chi connectivity index (χ4n) is 2.95. The number of fused-ring (bicyclic) bond motifs is 1. The highest BCUT2D eigenvalue weighted by atomic mass is 14.9. The topological polar surface area (TPSA) is 61.8 Å². The van der Waals surface area contributed by atoms with Crippen LogP contribution in [0.4, 0.5) is 0 Å². The van der Waals surface area contributed by atoms with Gasteiger partial charge in [-0.15, -0.1) is 0 Å². The standard InChI is InChI=1S/C16H17N3/c17-9-11-2-1-3-12(6-11)14-7-13-4-5-19-10-15(13)16(18)8-14/h1-2,4-8,12-13,15,19H,3,10,18H2. The summed E-state index contributed by atoms with van der Waals surface area (Å²) in [5.41, 5.74) is 9.12. The number of nitrogens with one attached hydrogen (secondary N) is 1. The monoisotopic (exact) mass is 251 g/mol. The number of allylic oxidation sites excluding steroid dienone is 8. The molecule has 0 fully saturated rings. The lowest BCUT2D eigenvalue weighted by atomic mass is 9.77. The number of nitrogens with zero attached hydrogens (tertiary/aromatic N) is 1. The molecule has 3 aliphatic rings. The molecule has 0 radical (unpaired) electrons. The van der Waals surface area contributed by atoms with Gasteiger partial charge < -0.3 is 11.1 Å². The second-order valence-corrected chi connectivity index (χ2v) is 5.24. The number of nitrogens with two attached hydrogens (primary N) is 1. The zero-order valence-electron chi connectivity index (χ0n) is 10.7. The zero-order valence-corrected chi connectivity index (χ0v) is 10.7. The second kappa shape index (κ2) is 4.81. The summed E-state index contributed by atoms with van der Waals surface area (Å²) < 4.78 is 0. The summed E-state index contributed by atoms with van der Waals surface area (Å²) in [6.45, 7) is 0.900. The highest BCUT2D eigenvalue weighted by molar-refractivity contribution is 5.43. The smallest absolute Gasteiger partial charge is 0.0988 e. The highest BCUT2D eigenvalue weighted by Crippen LogP contribution is 2.34. The summed E-state index contributed by atoms with van der Waals surface area (Å²) in [7, 11) is 0. The van der Waals surface area contributed by atoms with Crippen LogP contribution in [-0.2, 0) is 0 Å². The molecule has 0 aromatic carbocycles. The van der Waals surface area contributed by atoms with E-state index in [1.165, 1.54) is 5.57 Å². The van der Waals surface area contributed by atoms with Gasteiger partial charge in [0.2, 0.25) is 0 Å². The van der Waals surface area contributed by atoms with Gasteiger partial charge in [-0.2, -0.15) is 5.26 Å². The average Bonchev–Trinajstić information content (AvgIpc) is 2.47. The van der Waals surface area contributed by atoms with Gasteiger partial charge in [0.05, 0.1) is 6.07 Å². The lowest BCUT2D eigenvalue weighted by molar-refractivity contribution is 0.467. The van der Waals surface area contributed by atoms with Crippen LogP contribution in [0.2, 0.25) is 0 Å². The van der Waals surface area contributed by atoms with Crippen LogP contribution in [0.15, 0.2) is 59.5 Å². The molecule has 3 atom stereocenters. The van der Waals surface area contributed by atoms with Crippen molar-refractivity contribution in [3.63, 3.8) is 0 Å². The van der Waals surface area contributed by atoms with Crippen molar-refractivity contribution in [1.82, 2.24) is 5.32 Å². The van der Waals surface area contributed by atoms with Gasteiger partial charge >= 0.3 is 0 Å². The zero-order chi connectivity index (χ0) is 13.2. The van der Waals surface area contributed by atoms with Gasteiger partial charge in [0.1, 0.15) is 0 Å². The normalized spacial score (nSPS) is 32.4. The Hall–Kier alpha value is -2.21. The molecule has 3 unspecified atom stereocenters. The summed E-state index contributed by atoms with van der Waals surface area (Å²) in [5, 5.41) is 12.2. The molecule has 2 aliphatic carbocycles. The molecular formula is C16H17N3. The second-order valence-electron chi connectivity index (χ2n) is 5.24. The van der Waals surface area contributed by atoms with Gasteiger partial charge in [-0.1, -0.05) is 24.3 Å². The predicted octanol–water partition coefficient (Wildman–Crippen LogP) is 2.14. The Balaban J connectivity index is 1.90. The first-order chi connectivity index (χ1) is 9.28. The summed E-state index contributed by atoms with van der Waals surface area (Å²) in [6, 6.07) is 2.21. The van der Waals surface area contributed by atoms with Crippen molar-refractivity contribution in [3.8, 4) is 6.07 Å². The average molecular weight is 251 g/mol. The van der Waals surface area contributed by atoms with E-state index in [0.29, 0.717) is 11.8 Å². The van der Waals surface area contributed by atoms with Crippen LogP contribution in [0.5, 0.6) is 0 Å². The van der Waals surface area contributed by atoms with Crippen molar-refractivity contribution in [1.29, 1.82) is 5.26 Å². The molecule has 1 aliphatic heterocycles. The lowest BCUT2D eigenvalue weighted by Gasteiger charge is -2.32. The summed E-state index contributed by atoms with van der Waals surface area (Å²) in [5.74, 6) is 1.03. The molecule has 3 heteroatoms. The van der Waals surface area contributed by atoms with Crippen LogP contribution in [-0.4, -0.2) is 6.54 Å². The molecular weight excluding hydrogens is 234 g/mol. The van der Waals surface area contributed by atoms with Gasteiger partial charge in [-0.05, 0) is 30.3 Å². The van der Waals surface area contributed by atoms with E-state index in [1.54, 1.807) is 0 Å². The molecule has 0 saturated carbocycles. The van der Waals surface area contributed by atoms with Gasteiger partial charge in [0, 0.05) is 35.6 Å². The Bertz CT molecular complexity index is 569. The Morgan fingerprint density at radius 1 is 1.37 bits per heavy atom. The van der Waals surface area contributed by atoms with E-state index >= 15 is 0 Å². The fourth-order valence-corrected chi connectivity index (χ4v) is 2.95. The maximum Gasteiger partial charge on any atom is 0.0988 e. The molecule has 0 aromatic heterocycles. The van der Waals surface area contributed by atoms with E-state index in [2.05, 4.69) is 35.7 Å². The molecule has 3 nitrogen and oxygen atoms in total. The Morgan fingerprint density at radius 2 is 2.26 bits per heavy atom. The van der Waals surface area contributed by atoms with Crippen LogP contribution in [0, 0.1) is 29.1 Å². The predicted molar refractivity (Wildman–Crippen MR) is 75.4 cm³/mol. The van der Waals surface area contributed by atoms with Crippen LogP contribution >= 0.6 is 0 Å². The minimum absolute atomic E-state index is 0.280. The Labute approximate surface area is 113 Å². The van der Waals surface area contributed by atoms with Crippen LogP contribution in [0.1, 0.15) is 6.42 Å². The van der Waals surface area contributed by atoms with E-state index in [9.17, 15) is 0 Å². The third kappa shape index (κ3) is 2.22. The molecule has 1 heterocycles. The van der Waals surface area contributed by atoms with E-state index in [0.717, 1.165) is 24.2 Å². The Kier molecular flexibility index (Phi) is 3.00. The van der Waals surface area contributed by atoms with Gasteiger partial charge in [0.25, 0.3) is 0 Å². The van der Waals surface area contributed by atoms with Gasteiger partial charge in [-0.25, -0.2) is 0 Å². The van der Waals surface area contributed by atoms with E-state index in [1.807, 2.05) is 18.4 Å². The van der Waals surface area contributed by atoms with Crippen LogP contribution in [0.3, 0.4) is 0 Å². The minimum Gasteiger partial charge on any atom is -0.402 e. The molecule has 3 rings (SSSR count). The van der Waals surface area contributed by atoms with Crippen molar-refractivity contribution in [3.05, 3.63) is 59.5 Å². The minimum atomic E-state index is 0.280. The van der Waals surface area contributed by atoms with Crippen molar-refractivity contribution in [2.75, 3.05) is 6.54 Å². The summed E-state index contributed by atoms with van der Waals surface area (Å²) in [4.78, 5) is 0. The molecule has 96 valence electrons. The van der Waals surface area contributed by atoms with Crippen molar-refractivity contribution >= 4 is 0 Å². The van der Waals surface area contributed by atoms with Gasteiger partial charge in [0.15, 0.2) is 0 Å². The molecule has 0 aromatic rings. The number of rotatable bonds is 1. The largest absolute Gasteiger partial charge is 0.402 e. The first kappa shape index (κ1) is 11.9. The molecule has 0 amide bonds. The number of hydrogen-bond acceptors (Lipinski definition) is 3. The fraction of sp³-hybridized carbons (Fsp3) is 0.312. The van der Waals surface area contributed by atoms with E-state index in [4.69, 9.17) is 11.0 Å². The molecule has 0 bridgehead atoms. The third-order valence-corrected chi connectivity index (χ3v) is 4.01. The molecule has 0 saturated heterocycles. The van der Waals surface area contributed by atoms with E-state index in [-0.39, 0.29) is 5.92 Å². The number of hydrogen-bond donors (Lipinski definition) is 2. The highest BCUT2D eigenvalue weighted by Gasteiger charge is 2.27. The number of nitriles is 1. The molecule has 19 heavy (non-hydrogen) atoms. The Morgan fingerprint density at radius 3 is 3.11 bits per heavy atom. The first-order valence-corrected chi connectivity index (χ1v) is 6.65. The van der Waals surface area contributed by atoms with Crippen molar-refractivity contribution < 1.29 is 0 Å². The summed E-state index contributed by atoms with van der Waals surface area (Å²) >= 11 is 0. The molecule has 0 spiro atoms. The third-order valence-electron chi connectivity index (χ3n) is 4.01. The lowest BCUT2D eigenvalue weighted by Crippen LogP contribution is -2.34. The maximum atomic E-state index is 9.00. The van der Waals surface area contributed by atoms with E-state index < -0.39 is 0 Å². The van der Waals surface area contributed by atoms with Crippen molar-refractivity contribution in [2.24, 2.45) is 23.5 Å². The molecule has 3 N–H and O–H groups in total. The SMILES string of the molecule is N#CC1=CC(C2=CC3C=CNCC3C(N)=C2)CC=C1. The summed E-state index contributed by atoms with van der Waals surface area (Å²) in [6.07, 6.45) is 15.5. The van der Waals surface area contributed by atoms with Crippen LogP contribution < -0.4 is 11.1 Å². The van der Waals surface area contributed by atoms with Crippen molar-refractivity contribution in [2.45, 2.75) is 6.42 Å².